The highest BCUT2D eigenvalue weighted by atomic mass is 19.4. The molecule has 0 radical (unpaired) electrons. The van der Waals surface area contributed by atoms with Gasteiger partial charge in [-0.3, -0.25) is 9.78 Å². The molecule has 4 nitrogen and oxygen atoms in total. The van der Waals surface area contributed by atoms with E-state index in [2.05, 4.69) is 46.7 Å². The maximum absolute atomic E-state index is 12.8. The van der Waals surface area contributed by atoms with Crippen LogP contribution in [0.2, 0.25) is 0 Å². The van der Waals surface area contributed by atoms with E-state index in [1.807, 2.05) is 37.3 Å². The summed E-state index contributed by atoms with van der Waals surface area (Å²) in [6, 6.07) is 28.9. The third kappa shape index (κ3) is 6.49. The predicted octanol–water partition coefficient (Wildman–Crippen LogP) is 7.78. The molecule has 0 fully saturated rings. The molecule has 0 aliphatic rings. The fourth-order valence-corrected chi connectivity index (χ4v) is 4.42. The second kappa shape index (κ2) is 11.6. The number of amides is 1. The number of nitrogens with one attached hydrogen (secondary N) is 1. The third-order valence-corrected chi connectivity index (χ3v) is 6.68. The molecule has 0 spiro atoms. The molecule has 0 aliphatic heterocycles. The molecule has 5 rings (SSSR count). The minimum absolute atomic E-state index is 0.132. The summed E-state index contributed by atoms with van der Waals surface area (Å²) in [5.41, 5.74) is 4.55. The lowest BCUT2D eigenvalue weighted by Crippen LogP contribution is -2.26. The molecule has 0 atom stereocenters. The Morgan fingerprint density at radius 1 is 0.825 bits per heavy atom. The van der Waals surface area contributed by atoms with E-state index in [1.54, 1.807) is 12.3 Å². The number of pyridine rings is 1. The first-order chi connectivity index (χ1) is 19.3. The van der Waals surface area contributed by atoms with Crippen LogP contribution in [0.15, 0.2) is 103 Å². The summed E-state index contributed by atoms with van der Waals surface area (Å²) in [5, 5.41) is 4.58. The van der Waals surface area contributed by atoms with Crippen LogP contribution in [0.25, 0.3) is 21.9 Å². The van der Waals surface area contributed by atoms with Crippen molar-refractivity contribution in [3.05, 3.63) is 131 Å². The Morgan fingerprint density at radius 3 is 2.20 bits per heavy atom. The smallest absolute Gasteiger partial charge is 0.416 e. The SMILES string of the molecule is Cc1cc2cc(C(=O)NCCc3ccc(-c4ccccc4)cc3)ncc2cc1OCc1ccc(C(F)(F)F)cc1. The van der Waals surface area contributed by atoms with Crippen molar-refractivity contribution < 1.29 is 22.7 Å². The van der Waals surface area contributed by atoms with E-state index in [0.29, 0.717) is 30.0 Å². The van der Waals surface area contributed by atoms with Crippen molar-refractivity contribution in [1.29, 1.82) is 0 Å². The Labute approximate surface area is 230 Å². The Bertz CT molecular complexity index is 1620. The van der Waals surface area contributed by atoms with Gasteiger partial charge in [0.2, 0.25) is 0 Å². The third-order valence-electron chi connectivity index (χ3n) is 6.68. The molecule has 0 aliphatic carbocycles. The standard InChI is InChI=1S/C33H27F3N2O2/c1-22-17-27-18-30(32(39)37-16-15-23-7-11-26(12-8-23)25-5-3-2-4-6-25)38-20-28(27)19-31(22)40-21-24-9-13-29(14-10-24)33(34,35)36/h2-14,17-20H,15-16,21H2,1H3,(H,37,39). The lowest BCUT2D eigenvalue weighted by atomic mass is 10.0. The number of carbonyl (C=O) groups excluding carboxylic acids is 1. The minimum atomic E-state index is -4.37. The lowest BCUT2D eigenvalue weighted by molar-refractivity contribution is -0.137. The van der Waals surface area contributed by atoms with E-state index < -0.39 is 11.7 Å². The highest BCUT2D eigenvalue weighted by molar-refractivity contribution is 5.96. The van der Waals surface area contributed by atoms with Crippen LogP contribution in [0.4, 0.5) is 13.2 Å². The number of nitrogens with zero attached hydrogens (tertiary/aromatic N) is 1. The summed E-state index contributed by atoms with van der Waals surface area (Å²) < 4.78 is 44.2. The van der Waals surface area contributed by atoms with Crippen molar-refractivity contribution >= 4 is 16.7 Å². The molecule has 0 saturated heterocycles. The largest absolute Gasteiger partial charge is 0.489 e. The number of aryl methyl sites for hydroxylation is 1. The molecule has 1 aromatic heterocycles. The number of carbonyl (C=O) groups is 1. The summed E-state index contributed by atoms with van der Waals surface area (Å²) in [7, 11) is 0. The van der Waals surface area contributed by atoms with Gasteiger partial charge in [0, 0.05) is 18.1 Å². The van der Waals surface area contributed by atoms with Crippen LogP contribution in [0.3, 0.4) is 0 Å². The predicted molar refractivity (Wildman–Crippen MR) is 150 cm³/mol. The van der Waals surface area contributed by atoms with Crippen LogP contribution in [0.5, 0.6) is 5.75 Å². The number of rotatable bonds is 8. The summed E-state index contributed by atoms with van der Waals surface area (Å²) in [6.45, 7) is 2.50. The maximum Gasteiger partial charge on any atom is 0.416 e. The molecule has 40 heavy (non-hydrogen) atoms. The molecule has 1 amide bonds. The number of fused-ring (bicyclic) bond motifs is 1. The maximum atomic E-state index is 12.8. The van der Waals surface area contributed by atoms with Crippen LogP contribution >= 0.6 is 0 Å². The van der Waals surface area contributed by atoms with E-state index in [4.69, 9.17) is 4.74 Å². The van der Waals surface area contributed by atoms with Gasteiger partial charge in [-0.15, -0.1) is 0 Å². The molecule has 202 valence electrons. The fraction of sp³-hybridized carbons (Fsp3) is 0.152. The Kier molecular flexibility index (Phi) is 7.82. The second-order valence-electron chi connectivity index (χ2n) is 9.59. The lowest BCUT2D eigenvalue weighted by Gasteiger charge is -2.12. The average molecular weight is 541 g/mol. The highest BCUT2D eigenvalue weighted by Gasteiger charge is 2.29. The molecular formula is C33H27F3N2O2. The number of hydrogen-bond acceptors (Lipinski definition) is 3. The first-order valence-corrected chi connectivity index (χ1v) is 12.9. The molecule has 0 saturated carbocycles. The van der Waals surface area contributed by atoms with Gasteiger partial charge in [0.1, 0.15) is 18.1 Å². The quantitative estimate of drug-likeness (QED) is 0.219. The van der Waals surface area contributed by atoms with E-state index >= 15 is 0 Å². The topological polar surface area (TPSA) is 51.2 Å². The van der Waals surface area contributed by atoms with Crippen LogP contribution in [-0.2, 0) is 19.2 Å². The second-order valence-corrected chi connectivity index (χ2v) is 9.59. The van der Waals surface area contributed by atoms with E-state index in [9.17, 15) is 18.0 Å². The number of benzene rings is 4. The zero-order valence-corrected chi connectivity index (χ0v) is 21.8. The minimum Gasteiger partial charge on any atom is -0.489 e. The molecular weight excluding hydrogens is 513 g/mol. The first-order valence-electron chi connectivity index (χ1n) is 12.9. The monoisotopic (exact) mass is 540 g/mol. The fourth-order valence-electron chi connectivity index (χ4n) is 4.42. The van der Waals surface area contributed by atoms with Crippen LogP contribution < -0.4 is 10.1 Å². The van der Waals surface area contributed by atoms with Crippen LogP contribution in [-0.4, -0.2) is 17.4 Å². The van der Waals surface area contributed by atoms with Crippen LogP contribution in [0, 0.1) is 6.92 Å². The highest BCUT2D eigenvalue weighted by Crippen LogP contribution is 2.30. The summed E-state index contributed by atoms with van der Waals surface area (Å²) in [5.74, 6) is 0.354. The van der Waals surface area contributed by atoms with Crippen molar-refractivity contribution in [1.82, 2.24) is 10.3 Å². The van der Waals surface area contributed by atoms with Crippen molar-refractivity contribution in [3.63, 3.8) is 0 Å². The number of alkyl halides is 3. The summed E-state index contributed by atoms with van der Waals surface area (Å²) >= 11 is 0. The molecule has 7 heteroatoms. The van der Waals surface area contributed by atoms with Crippen molar-refractivity contribution in [2.24, 2.45) is 0 Å². The average Bonchev–Trinajstić information content (AvgIpc) is 2.96. The Morgan fingerprint density at radius 2 is 1.50 bits per heavy atom. The van der Waals surface area contributed by atoms with Crippen molar-refractivity contribution in [2.75, 3.05) is 6.54 Å². The van der Waals surface area contributed by atoms with Gasteiger partial charge in [-0.05, 0) is 76.9 Å². The summed E-state index contributed by atoms with van der Waals surface area (Å²) in [6.07, 6.45) is -2.05. The van der Waals surface area contributed by atoms with Gasteiger partial charge in [-0.1, -0.05) is 66.7 Å². The van der Waals surface area contributed by atoms with E-state index in [1.165, 1.54) is 12.1 Å². The summed E-state index contributed by atoms with van der Waals surface area (Å²) in [4.78, 5) is 17.1. The normalized spacial score (nSPS) is 11.4. The number of hydrogen-bond donors (Lipinski definition) is 1. The van der Waals surface area contributed by atoms with E-state index in [0.717, 1.165) is 45.2 Å². The number of aromatic nitrogens is 1. The molecule has 0 bridgehead atoms. The zero-order chi connectivity index (χ0) is 28.1. The Balaban J connectivity index is 1.17. The van der Waals surface area contributed by atoms with E-state index in [-0.39, 0.29) is 12.5 Å². The molecule has 1 N–H and O–H groups in total. The van der Waals surface area contributed by atoms with Crippen molar-refractivity contribution in [3.8, 4) is 16.9 Å². The van der Waals surface area contributed by atoms with Crippen molar-refractivity contribution in [2.45, 2.75) is 26.1 Å². The van der Waals surface area contributed by atoms with Gasteiger partial charge in [0.15, 0.2) is 0 Å². The van der Waals surface area contributed by atoms with Gasteiger partial charge < -0.3 is 10.1 Å². The first kappa shape index (κ1) is 26.9. The molecule has 0 unspecified atom stereocenters. The van der Waals surface area contributed by atoms with Crippen LogP contribution in [0.1, 0.15) is 32.7 Å². The van der Waals surface area contributed by atoms with Gasteiger partial charge in [0.05, 0.1) is 5.56 Å². The van der Waals surface area contributed by atoms with Gasteiger partial charge in [-0.2, -0.15) is 13.2 Å². The van der Waals surface area contributed by atoms with Gasteiger partial charge >= 0.3 is 6.18 Å². The van der Waals surface area contributed by atoms with Gasteiger partial charge in [0.25, 0.3) is 5.91 Å². The van der Waals surface area contributed by atoms with Gasteiger partial charge in [-0.25, -0.2) is 0 Å². The number of ether oxygens (including phenoxy) is 1. The molecule has 4 aromatic carbocycles. The zero-order valence-electron chi connectivity index (χ0n) is 21.8. The Hall–Kier alpha value is -4.65. The molecule has 1 heterocycles. The molecule has 5 aromatic rings. The number of halogens is 3.